The molecule has 3 unspecified atom stereocenters. The van der Waals surface area contributed by atoms with Gasteiger partial charge in [-0.2, -0.15) is 0 Å². The van der Waals surface area contributed by atoms with Gasteiger partial charge >= 0.3 is 0 Å². The van der Waals surface area contributed by atoms with Gasteiger partial charge in [-0.15, -0.1) is 0 Å². The topological polar surface area (TPSA) is 35.2 Å². The van der Waals surface area contributed by atoms with Gasteiger partial charge in [-0.05, 0) is 36.5 Å². The quantitative estimate of drug-likeness (QED) is 0.927. The van der Waals surface area contributed by atoms with Crippen LogP contribution in [-0.2, 0) is 11.2 Å². The van der Waals surface area contributed by atoms with Crippen LogP contribution in [0.5, 0.6) is 0 Å². The summed E-state index contributed by atoms with van der Waals surface area (Å²) in [5.74, 6) is 0.541. The van der Waals surface area contributed by atoms with Gasteiger partial charge < -0.3 is 10.5 Å². The van der Waals surface area contributed by atoms with Gasteiger partial charge in [0.05, 0.1) is 6.10 Å². The van der Waals surface area contributed by atoms with Crippen LogP contribution in [0.3, 0.4) is 0 Å². The van der Waals surface area contributed by atoms with Crippen molar-refractivity contribution in [3.05, 3.63) is 33.3 Å². The van der Waals surface area contributed by atoms with E-state index in [0.29, 0.717) is 5.92 Å². The van der Waals surface area contributed by atoms with Crippen LogP contribution in [0.4, 0.5) is 0 Å². The number of hydrogen-bond donors (Lipinski definition) is 1. The maximum absolute atomic E-state index is 6.21. The minimum atomic E-state index is 0.0196. The Morgan fingerprint density at radius 1 is 1.59 bits per heavy atom. The minimum absolute atomic E-state index is 0.0196. The number of benzene rings is 1. The molecule has 0 spiro atoms. The Kier molecular flexibility index (Phi) is 4.47. The molecular weight excluding hydrogens is 302 g/mol. The average molecular weight is 319 g/mol. The van der Waals surface area contributed by atoms with Crippen LogP contribution in [0.25, 0.3) is 0 Å². The third-order valence-corrected chi connectivity index (χ3v) is 4.18. The van der Waals surface area contributed by atoms with Gasteiger partial charge in [-0.1, -0.05) is 40.5 Å². The molecule has 0 radical (unpaired) electrons. The van der Waals surface area contributed by atoms with E-state index in [1.165, 1.54) is 0 Å². The Morgan fingerprint density at radius 2 is 2.35 bits per heavy atom. The van der Waals surface area contributed by atoms with Crippen LogP contribution >= 0.6 is 27.5 Å². The van der Waals surface area contributed by atoms with Crippen molar-refractivity contribution in [3.63, 3.8) is 0 Å². The van der Waals surface area contributed by atoms with Crippen molar-refractivity contribution >= 4 is 27.5 Å². The van der Waals surface area contributed by atoms with Crippen molar-refractivity contribution in [1.82, 2.24) is 0 Å². The lowest BCUT2D eigenvalue weighted by Gasteiger charge is -2.22. The van der Waals surface area contributed by atoms with Gasteiger partial charge in [0.25, 0.3) is 0 Å². The molecule has 2 rings (SSSR count). The van der Waals surface area contributed by atoms with Crippen LogP contribution in [-0.4, -0.2) is 18.8 Å². The molecule has 0 amide bonds. The number of halogens is 2. The molecule has 1 aromatic rings. The van der Waals surface area contributed by atoms with E-state index in [2.05, 4.69) is 22.9 Å². The molecule has 0 bridgehead atoms. The van der Waals surface area contributed by atoms with Crippen LogP contribution in [0.1, 0.15) is 18.9 Å². The smallest absolute Gasteiger partial charge is 0.0755 e. The second kappa shape index (κ2) is 5.70. The van der Waals surface area contributed by atoms with E-state index in [1.54, 1.807) is 0 Å². The minimum Gasteiger partial charge on any atom is -0.376 e. The van der Waals surface area contributed by atoms with E-state index in [-0.39, 0.29) is 12.1 Å². The van der Waals surface area contributed by atoms with Crippen molar-refractivity contribution in [1.29, 1.82) is 0 Å². The van der Waals surface area contributed by atoms with Gasteiger partial charge in [0.1, 0.15) is 0 Å². The molecule has 4 heteroatoms. The third-order valence-electron chi connectivity index (χ3n) is 3.34. The highest BCUT2D eigenvalue weighted by atomic mass is 79.9. The van der Waals surface area contributed by atoms with Crippen LogP contribution in [0.2, 0.25) is 5.02 Å². The zero-order valence-corrected chi connectivity index (χ0v) is 12.2. The highest BCUT2D eigenvalue weighted by molar-refractivity contribution is 9.10. The fourth-order valence-electron chi connectivity index (χ4n) is 2.32. The summed E-state index contributed by atoms with van der Waals surface area (Å²) in [6, 6.07) is 5.94. The van der Waals surface area contributed by atoms with E-state index in [9.17, 15) is 0 Å². The van der Waals surface area contributed by atoms with Gasteiger partial charge in [-0.25, -0.2) is 0 Å². The molecule has 17 heavy (non-hydrogen) atoms. The summed E-state index contributed by atoms with van der Waals surface area (Å²) < 4.78 is 6.68. The van der Waals surface area contributed by atoms with E-state index in [1.807, 2.05) is 18.2 Å². The summed E-state index contributed by atoms with van der Waals surface area (Å²) >= 11 is 9.59. The predicted octanol–water partition coefficient (Wildman–Crippen LogP) is 3.40. The van der Waals surface area contributed by atoms with E-state index in [4.69, 9.17) is 22.1 Å². The highest BCUT2D eigenvalue weighted by Gasteiger charge is 2.30. The van der Waals surface area contributed by atoms with Gasteiger partial charge in [0, 0.05) is 22.1 Å². The molecule has 0 aliphatic carbocycles. The lowest BCUT2D eigenvalue weighted by Crippen LogP contribution is -2.39. The first-order valence-electron chi connectivity index (χ1n) is 5.89. The van der Waals surface area contributed by atoms with Gasteiger partial charge in [-0.3, -0.25) is 0 Å². The van der Waals surface area contributed by atoms with Crippen molar-refractivity contribution in [3.8, 4) is 0 Å². The monoisotopic (exact) mass is 317 g/mol. The van der Waals surface area contributed by atoms with Crippen molar-refractivity contribution < 1.29 is 4.74 Å². The maximum atomic E-state index is 6.21. The molecule has 2 N–H and O–H groups in total. The molecule has 1 aliphatic rings. The Labute approximate surface area is 116 Å². The lowest BCUT2D eigenvalue weighted by atomic mass is 9.93. The normalized spacial score (nSPS) is 26.1. The van der Waals surface area contributed by atoms with Crippen molar-refractivity contribution in [2.24, 2.45) is 11.7 Å². The first kappa shape index (κ1) is 13.3. The standard InChI is InChI=1S/C13H17BrClNO/c1-8-4-5-17-13(8)12(16)6-9-2-3-10(14)7-11(9)15/h2-3,7-8,12-13H,4-6,16H2,1H3. The maximum Gasteiger partial charge on any atom is 0.0755 e. The zero-order valence-electron chi connectivity index (χ0n) is 9.83. The van der Waals surface area contributed by atoms with Crippen molar-refractivity contribution in [2.75, 3.05) is 6.61 Å². The Balaban J connectivity index is 2.04. The number of rotatable bonds is 3. The molecule has 3 atom stereocenters. The first-order chi connectivity index (χ1) is 8.08. The van der Waals surface area contributed by atoms with E-state index >= 15 is 0 Å². The predicted molar refractivity (Wildman–Crippen MR) is 74.4 cm³/mol. The average Bonchev–Trinajstić information content (AvgIpc) is 2.68. The molecule has 1 aliphatic heterocycles. The molecule has 94 valence electrons. The van der Waals surface area contributed by atoms with Crippen molar-refractivity contribution in [2.45, 2.75) is 31.9 Å². The number of nitrogens with two attached hydrogens (primary N) is 1. The molecular formula is C13H17BrClNO. The van der Waals surface area contributed by atoms with Crippen LogP contribution in [0, 0.1) is 5.92 Å². The third kappa shape index (κ3) is 3.22. The summed E-state index contributed by atoms with van der Waals surface area (Å²) in [6.45, 7) is 3.02. The van der Waals surface area contributed by atoms with Crippen LogP contribution in [0.15, 0.2) is 22.7 Å². The Bertz CT molecular complexity index is 399. The highest BCUT2D eigenvalue weighted by Crippen LogP contribution is 2.27. The SMILES string of the molecule is CC1CCOC1C(N)Cc1ccc(Br)cc1Cl. The van der Waals surface area contributed by atoms with E-state index in [0.717, 1.165) is 34.5 Å². The summed E-state index contributed by atoms with van der Waals surface area (Å²) in [5, 5.41) is 0.764. The molecule has 1 fully saturated rings. The van der Waals surface area contributed by atoms with E-state index < -0.39 is 0 Å². The van der Waals surface area contributed by atoms with Crippen LogP contribution < -0.4 is 5.73 Å². The molecule has 2 nitrogen and oxygen atoms in total. The molecule has 1 aromatic carbocycles. The fourth-order valence-corrected chi connectivity index (χ4v) is 3.07. The fraction of sp³-hybridized carbons (Fsp3) is 0.538. The summed E-state index contributed by atoms with van der Waals surface area (Å²) in [5.41, 5.74) is 7.30. The largest absolute Gasteiger partial charge is 0.376 e. The Morgan fingerprint density at radius 3 is 2.94 bits per heavy atom. The molecule has 0 aromatic heterocycles. The number of hydrogen-bond acceptors (Lipinski definition) is 2. The number of ether oxygens (including phenoxy) is 1. The summed E-state index contributed by atoms with van der Waals surface area (Å²) in [7, 11) is 0. The molecule has 1 heterocycles. The summed E-state index contributed by atoms with van der Waals surface area (Å²) in [4.78, 5) is 0. The second-order valence-corrected chi connectivity index (χ2v) is 6.03. The van der Waals surface area contributed by atoms with Gasteiger partial charge in [0.15, 0.2) is 0 Å². The second-order valence-electron chi connectivity index (χ2n) is 4.71. The molecule has 1 saturated heterocycles. The lowest BCUT2D eigenvalue weighted by molar-refractivity contribution is 0.0726. The molecule has 0 saturated carbocycles. The van der Waals surface area contributed by atoms with Gasteiger partial charge in [0.2, 0.25) is 0 Å². The first-order valence-corrected chi connectivity index (χ1v) is 7.06. The Hall–Kier alpha value is -0.0900. The zero-order chi connectivity index (χ0) is 12.4. The summed E-state index contributed by atoms with van der Waals surface area (Å²) in [6.07, 6.45) is 2.03.